The second-order valence-electron chi connectivity index (χ2n) is 3.37. The van der Waals surface area contributed by atoms with Crippen molar-refractivity contribution < 1.29 is 8.42 Å². The van der Waals surface area contributed by atoms with Crippen LogP contribution in [0.5, 0.6) is 0 Å². The lowest BCUT2D eigenvalue weighted by Crippen LogP contribution is -1.96. The van der Waals surface area contributed by atoms with E-state index in [0.29, 0.717) is 4.90 Å². The molecule has 6 heteroatoms. The van der Waals surface area contributed by atoms with E-state index in [1.807, 2.05) is 7.05 Å². The summed E-state index contributed by atoms with van der Waals surface area (Å²) in [6, 6.07) is 5.05. The van der Waals surface area contributed by atoms with Crippen molar-refractivity contribution in [2.24, 2.45) is 7.05 Å². The van der Waals surface area contributed by atoms with Crippen LogP contribution in [0.15, 0.2) is 23.1 Å². The quantitative estimate of drug-likeness (QED) is 0.743. The van der Waals surface area contributed by atoms with Gasteiger partial charge in [-0.3, -0.25) is 4.68 Å². The molecule has 1 aromatic heterocycles. The third-order valence-corrected chi connectivity index (χ3v) is 4.11. The van der Waals surface area contributed by atoms with Gasteiger partial charge >= 0.3 is 0 Å². The van der Waals surface area contributed by atoms with Crippen LogP contribution in [0.3, 0.4) is 0 Å². The summed E-state index contributed by atoms with van der Waals surface area (Å²) in [5, 5.41) is 5.10. The van der Waals surface area contributed by atoms with E-state index in [2.05, 4.69) is 27.7 Å². The molecule has 1 heterocycles. The van der Waals surface area contributed by atoms with Crippen molar-refractivity contribution in [3.05, 3.63) is 21.9 Å². The van der Waals surface area contributed by atoms with Crippen LogP contribution in [0.2, 0.25) is 0 Å². The lowest BCUT2D eigenvalue weighted by molar-refractivity contribution is 0.602. The lowest BCUT2D eigenvalue weighted by Gasteiger charge is -1.98. The van der Waals surface area contributed by atoms with Gasteiger partial charge in [0.2, 0.25) is 0 Å². The van der Waals surface area contributed by atoms with Crippen molar-refractivity contribution in [2.45, 2.75) is 4.90 Å². The monoisotopic (exact) mass is 336 g/mol. The number of fused-ring (bicyclic) bond motifs is 1. The highest BCUT2D eigenvalue weighted by Gasteiger charge is 2.11. The maximum absolute atomic E-state index is 11.4. The topological polar surface area (TPSA) is 52.0 Å². The highest BCUT2D eigenvalue weighted by Crippen LogP contribution is 2.22. The predicted octanol–water partition coefficient (Wildman–Crippen LogP) is 1.58. The van der Waals surface area contributed by atoms with Gasteiger partial charge < -0.3 is 0 Å². The molecule has 0 atom stereocenters. The zero-order valence-electron chi connectivity index (χ0n) is 8.23. The SMILES string of the molecule is Cn1nc(I)c2cc(S(C)(=O)=O)ccc21. The average molecular weight is 336 g/mol. The maximum Gasteiger partial charge on any atom is 0.175 e. The summed E-state index contributed by atoms with van der Waals surface area (Å²) in [5.41, 5.74) is 0.937. The van der Waals surface area contributed by atoms with E-state index in [0.717, 1.165) is 14.6 Å². The molecule has 4 nitrogen and oxygen atoms in total. The number of aryl methyl sites for hydroxylation is 1. The molecule has 0 fully saturated rings. The molecule has 2 rings (SSSR count). The van der Waals surface area contributed by atoms with E-state index in [-0.39, 0.29) is 0 Å². The molecule has 80 valence electrons. The Morgan fingerprint density at radius 3 is 2.67 bits per heavy atom. The fraction of sp³-hybridized carbons (Fsp3) is 0.222. The van der Waals surface area contributed by atoms with Gasteiger partial charge in [-0.1, -0.05) is 0 Å². The summed E-state index contributed by atoms with van der Waals surface area (Å²) in [6.07, 6.45) is 1.21. The van der Waals surface area contributed by atoms with Gasteiger partial charge in [-0.2, -0.15) is 5.10 Å². The zero-order chi connectivity index (χ0) is 11.2. The smallest absolute Gasteiger partial charge is 0.175 e. The van der Waals surface area contributed by atoms with Crippen LogP contribution in [0.4, 0.5) is 0 Å². The molecule has 15 heavy (non-hydrogen) atoms. The number of nitrogens with zero attached hydrogens (tertiary/aromatic N) is 2. The third-order valence-electron chi connectivity index (χ3n) is 2.20. The minimum absolute atomic E-state index is 0.334. The first-order valence-electron chi connectivity index (χ1n) is 4.22. The Morgan fingerprint density at radius 1 is 1.40 bits per heavy atom. The normalized spacial score (nSPS) is 12.2. The molecule has 0 aliphatic carbocycles. The Kier molecular flexibility index (Phi) is 2.50. The molecule has 0 spiro atoms. The molecule has 0 aliphatic rings. The molecule has 0 saturated carbocycles. The first-order valence-corrected chi connectivity index (χ1v) is 7.19. The van der Waals surface area contributed by atoms with Gasteiger partial charge in [0.05, 0.1) is 10.4 Å². The van der Waals surface area contributed by atoms with Crippen molar-refractivity contribution in [2.75, 3.05) is 6.26 Å². The summed E-state index contributed by atoms with van der Waals surface area (Å²) in [7, 11) is -1.30. The summed E-state index contributed by atoms with van der Waals surface area (Å²) in [6.45, 7) is 0. The molecular formula is C9H9IN2O2S. The molecule has 0 amide bonds. The zero-order valence-corrected chi connectivity index (χ0v) is 11.2. The van der Waals surface area contributed by atoms with Crippen LogP contribution in [0.1, 0.15) is 0 Å². The van der Waals surface area contributed by atoms with Gasteiger partial charge in [0.1, 0.15) is 3.70 Å². The van der Waals surface area contributed by atoms with E-state index in [1.165, 1.54) is 6.26 Å². The van der Waals surface area contributed by atoms with Crippen molar-refractivity contribution in [3.63, 3.8) is 0 Å². The van der Waals surface area contributed by atoms with E-state index >= 15 is 0 Å². The molecular weight excluding hydrogens is 327 g/mol. The number of hydrogen-bond acceptors (Lipinski definition) is 3. The lowest BCUT2D eigenvalue weighted by atomic mass is 10.2. The van der Waals surface area contributed by atoms with Gasteiger partial charge in [0.15, 0.2) is 9.84 Å². The minimum Gasteiger partial charge on any atom is -0.267 e. The molecule has 0 bridgehead atoms. The van der Waals surface area contributed by atoms with Crippen LogP contribution < -0.4 is 0 Å². The van der Waals surface area contributed by atoms with E-state index in [1.54, 1.807) is 22.9 Å². The highest BCUT2D eigenvalue weighted by atomic mass is 127. The van der Waals surface area contributed by atoms with Gasteiger partial charge in [-0.15, -0.1) is 0 Å². The second kappa shape index (κ2) is 3.44. The Hall–Kier alpha value is -0.630. The number of aromatic nitrogens is 2. The van der Waals surface area contributed by atoms with Gasteiger partial charge in [0, 0.05) is 18.7 Å². The van der Waals surface area contributed by atoms with Crippen molar-refractivity contribution >= 4 is 43.3 Å². The summed E-state index contributed by atoms with van der Waals surface area (Å²) in [5.74, 6) is 0. The van der Waals surface area contributed by atoms with E-state index in [4.69, 9.17) is 0 Å². The maximum atomic E-state index is 11.4. The van der Waals surface area contributed by atoms with Crippen LogP contribution in [0, 0.1) is 3.70 Å². The minimum atomic E-state index is -3.14. The fourth-order valence-corrected chi connectivity index (χ4v) is 2.84. The van der Waals surface area contributed by atoms with Gasteiger partial charge in [0.25, 0.3) is 0 Å². The number of rotatable bonds is 1. The van der Waals surface area contributed by atoms with Gasteiger partial charge in [-0.05, 0) is 40.8 Å². The first-order chi connectivity index (χ1) is 6.89. The molecule has 0 radical (unpaired) electrons. The summed E-state index contributed by atoms with van der Waals surface area (Å²) >= 11 is 2.10. The number of hydrogen-bond donors (Lipinski definition) is 0. The largest absolute Gasteiger partial charge is 0.267 e. The van der Waals surface area contributed by atoms with Gasteiger partial charge in [-0.25, -0.2) is 8.42 Å². The Labute approximate surface area is 101 Å². The van der Waals surface area contributed by atoms with Crippen molar-refractivity contribution in [3.8, 4) is 0 Å². The van der Waals surface area contributed by atoms with E-state index in [9.17, 15) is 8.42 Å². The predicted molar refractivity (Wildman–Crippen MR) is 66.5 cm³/mol. The average Bonchev–Trinajstić information content (AvgIpc) is 2.41. The third kappa shape index (κ3) is 1.87. The highest BCUT2D eigenvalue weighted by molar-refractivity contribution is 14.1. The van der Waals surface area contributed by atoms with E-state index < -0.39 is 9.84 Å². The number of benzene rings is 1. The Morgan fingerprint density at radius 2 is 2.07 bits per heavy atom. The Balaban J connectivity index is 2.82. The van der Waals surface area contributed by atoms with Crippen LogP contribution in [-0.4, -0.2) is 24.5 Å². The standard InChI is InChI=1S/C9H9IN2O2S/c1-12-8-4-3-6(15(2,13)14)5-7(8)9(10)11-12/h3-5H,1-2H3. The fourth-order valence-electron chi connectivity index (χ4n) is 1.43. The second-order valence-corrected chi connectivity index (χ2v) is 6.40. The molecule has 1 aromatic carbocycles. The molecule has 0 N–H and O–H groups in total. The molecule has 0 unspecified atom stereocenters. The van der Waals surface area contributed by atoms with Crippen LogP contribution in [0.25, 0.3) is 10.9 Å². The van der Waals surface area contributed by atoms with Crippen LogP contribution >= 0.6 is 22.6 Å². The summed E-state index contributed by atoms with van der Waals surface area (Å²) < 4.78 is 25.3. The van der Waals surface area contributed by atoms with Crippen molar-refractivity contribution in [1.82, 2.24) is 9.78 Å². The number of halogens is 1. The molecule has 0 saturated heterocycles. The van der Waals surface area contributed by atoms with Crippen LogP contribution in [-0.2, 0) is 16.9 Å². The Bertz CT molecular complexity index is 631. The number of sulfone groups is 1. The van der Waals surface area contributed by atoms with Crippen molar-refractivity contribution in [1.29, 1.82) is 0 Å². The molecule has 2 aromatic rings. The molecule has 0 aliphatic heterocycles. The summed E-state index contributed by atoms with van der Waals surface area (Å²) in [4.78, 5) is 0.334. The first kappa shape index (κ1) is 10.9.